The summed E-state index contributed by atoms with van der Waals surface area (Å²) in [7, 11) is 0. The molecule has 6 nitrogen and oxygen atoms in total. The molecule has 0 aliphatic heterocycles. The van der Waals surface area contributed by atoms with E-state index in [9.17, 15) is 5.11 Å². The molecular formula is C17H21N5O. The molecule has 0 radical (unpaired) electrons. The first-order valence-electron chi connectivity index (χ1n) is 8.46. The van der Waals surface area contributed by atoms with Crippen LogP contribution in [0, 0.1) is 17.8 Å². The van der Waals surface area contributed by atoms with Gasteiger partial charge >= 0.3 is 0 Å². The van der Waals surface area contributed by atoms with E-state index in [1.807, 2.05) is 6.07 Å². The van der Waals surface area contributed by atoms with Gasteiger partial charge in [0.1, 0.15) is 18.0 Å². The molecule has 6 rings (SSSR count). The van der Waals surface area contributed by atoms with Crippen molar-refractivity contribution in [3.63, 3.8) is 0 Å². The van der Waals surface area contributed by atoms with Crippen LogP contribution in [0.15, 0.2) is 18.5 Å². The van der Waals surface area contributed by atoms with Gasteiger partial charge in [0, 0.05) is 6.04 Å². The van der Waals surface area contributed by atoms with Crippen LogP contribution >= 0.6 is 0 Å². The molecule has 120 valence electrons. The quantitative estimate of drug-likeness (QED) is 0.784. The predicted molar refractivity (Wildman–Crippen MR) is 87.7 cm³/mol. The Morgan fingerprint density at radius 3 is 2.65 bits per heavy atom. The lowest BCUT2D eigenvalue weighted by Gasteiger charge is -2.58. The van der Waals surface area contributed by atoms with Crippen LogP contribution in [0.2, 0.25) is 0 Å². The maximum absolute atomic E-state index is 10.7. The highest BCUT2D eigenvalue weighted by molar-refractivity contribution is 5.87. The molecule has 2 atom stereocenters. The van der Waals surface area contributed by atoms with E-state index in [0.717, 1.165) is 30.5 Å². The lowest BCUT2D eigenvalue weighted by molar-refractivity contribution is -0.129. The van der Waals surface area contributed by atoms with Gasteiger partial charge in [0.15, 0.2) is 5.65 Å². The Morgan fingerprint density at radius 1 is 1.13 bits per heavy atom. The number of pyridine rings is 1. The second-order valence-electron chi connectivity index (χ2n) is 7.69. The van der Waals surface area contributed by atoms with Gasteiger partial charge in [-0.2, -0.15) is 0 Å². The average Bonchev–Trinajstić information content (AvgIpc) is 2.49. The number of aliphatic hydroxyl groups is 1. The molecule has 23 heavy (non-hydrogen) atoms. The van der Waals surface area contributed by atoms with Crippen LogP contribution in [-0.4, -0.2) is 31.7 Å². The summed E-state index contributed by atoms with van der Waals surface area (Å²) >= 11 is 0. The Bertz CT molecular complexity index is 763. The van der Waals surface area contributed by atoms with Gasteiger partial charge in [0.05, 0.1) is 11.0 Å². The van der Waals surface area contributed by atoms with Crippen molar-refractivity contribution < 1.29 is 5.11 Å². The number of nitrogen functional groups attached to an aromatic ring is 1. The molecule has 0 aromatic carbocycles. The van der Waals surface area contributed by atoms with Crippen molar-refractivity contribution in [3.8, 4) is 0 Å². The lowest BCUT2D eigenvalue weighted by atomic mass is 9.52. The number of nitrogens with zero attached hydrogens (tertiary/aromatic N) is 3. The molecule has 0 amide bonds. The van der Waals surface area contributed by atoms with Crippen LogP contribution in [0.25, 0.3) is 11.0 Å². The van der Waals surface area contributed by atoms with Crippen LogP contribution in [-0.2, 0) is 0 Å². The van der Waals surface area contributed by atoms with Crippen molar-refractivity contribution in [1.29, 1.82) is 0 Å². The van der Waals surface area contributed by atoms with Crippen molar-refractivity contribution in [2.24, 2.45) is 17.8 Å². The SMILES string of the molecule is Nc1ccc2c(NC3C4CC5CC3CC(O)(C5)C4)ncnc2n1. The first kappa shape index (κ1) is 13.5. The summed E-state index contributed by atoms with van der Waals surface area (Å²) in [5.74, 6) is 3.10. The van der Waals surface area contributed by atoms with Gasteiger partial charge in [0.25, 0.3) is 0 Å². The lowest BCUT2D eigenvalue weighted by Crippen LogP contribution is -2.59. The predicted octanol–water partition coefficient (Wildman–Crippen LogP) is 1.96. The highest BCUT2D eigenvalue weighted by atomic mass is 16.3. The molecule has 0 saturated heterocycles. The zero-order chi connectivity index (χ0) is 15.6. The van der Waals surface area contributed by atoms with Gasteiger partial charge in [-0.3, -0.25) is 0 Å². The van der Waals surface area contributed by atoms with E-state index in [0.29, 0.717) is 35.3 Å². The Hall–Kier alpha value is -1.95. The van der Waals surface area contributed by atoms with Crippen molar-refractivity contribution >= 4 is 22.7 Å². The van der Waals surface area contributed by atoms with Gasteiger partial charge in [0.2, 0.25) is 0 Å². The summed E-state index contributed by atoms with van der Waals surface area (Å²) in [4.78, 5) is 12.9. The Kier molecular flexibility index (Phi) is 2.66. The van der Waals surface area contributed by atoms with Crippen LogP contribution in [0.3, 0.4) is 0 Å². The summed E-state index contributed by atoms with van der Waals surface area (Å²) in [5, 5.41) is 15.3. The third kappa shape index (κ3) is 2.08. The van der Waals surface area contributed by atoms with Crippen LogP contribution in [0.4, 0.5) is 11.6 Å². The zero-order valence-electron chi connectivity index (χ0n) is 12.9. The monoisotopic (exact) mass is 311 g/mol. The summed E-state index contributed by atoms with van der Waals surface area (Å²) in [6, 6.07) is 4.11. The Morgan fingerprint density at radius 2 is 1.91 bits per heavy atom. The first-order valence-corrected chi connectivity index (χ1v) is 8.46. The first-order chi connectivity index (χ1) is 11.1. The second kappa shape index (κ2) is 4.54. The number of aromatic nitrogens is 3. The maximum atomic E-state index is 10.7. The molecule has 2 unspecified atom stereocenters. The molecular weight excluding hydrogens is 290 g/mol. The second-order valence-corrected chi connectivity index (χ2v) is 7.69. The minimum absolute atomic E-state index is 0.391. The van der Waals surface area contributed by atoms with E-state index in [1.165, 1.54) is 12.8 Å². The third-order valence-corrected chi connectivity index (χ3v) is 6.06. The minimum Gasteiger partial charge on any atom is -0.390 e. The normalized spacial score (nSPS) is 38.1. The van der Waals surface area contributed by atoms with Gasteiger partial charge in [-0.15, -0.1) is 0 Å². The fraction of sp³-hybridized carbons (Fsp3) is 0.588. The molecule has 2 aromatic rings. The van der Waals surface area contributed by atoms with E-state index in [-0.39, 0.29) is 0 Å². The van der Waals surface area contributed by atoms with Crippen molar-refractivity contribution in [1.82, 2.24) is 15.0 Å². The molecule has 4 aliphatic rings. The number of nitrogens with two attached hydrogens (primary N) is 1. The van der Waals surface area contributed by atoms with Crippen LogP contribution in [0.5, 0.6) is 0 Å². The molecule has 4 N–H and O–H groups in total. The summed E-state index contributed by atoms with van der Waals surface area (Å²) in [6.07, 6.45) is 6.85. The molecule has 2 heterocycles. The maximum Gasteiger partial charge on any atom is 0.166 e. The fourth-order valence-electron chi connectivity index (χ4n) is 5.45. The standard InChI is InChI=1S/C17H21N5O/c18-13-2-1-12-15(21-13)19-8-20-16(12)22-14-10-3-9-4-11(14)7-17(23,5-9)6-10/h1-2,8-11,14,23H,3-7H2,(H3,18,19,20,21,22). The molecule has 4 bridgehead atoms. The molecule has 2 aromatic heterocycles. The molecule has 6 heteroatoms. The summed E-state index contributed by atoms with van der Waals surface area (Å²) in [6.45, 7) is 0. The molecule has 4 fully saturated rings. The van der Waals surface area contributed by atoms with Crippen LogP contribution in [0.1, 0.15) is 32.1 Å². The minimum atomic E-state index is -0.404. The van der Waals surface area contributed by atoms with Crippen molar-refractivity contribution in [2.75, 3.05) is 11.1 Å². The number of fused-ring (bicyclic) bond motifs is 1. The summed E-state index contributed by atoms with van der Waals surface area (Å²) < 4.78 is 0. The number of rotatable bonds is 2. The van der Waals surface area contributed by atoms with Gasteiger partial charge < -0.3 is 16.2 Å². The number of anilines is 2. The zero-order valence-corrected chi connectivity index (χ0v) is 12.9. The molecule has 0 spiro atoms. The molecule has 4 aliphatic carbocycles. The van der Waals surface area contributed by atoms with Gasteiger partial charge in [-0.25, -0.2) is 15.0 Å². The Labute approximate surface area is 134 Å². The van der Waals surface area contributed by atoms with E-state index < -0.39 is 5.60 Å². The van der Waals surface area contributed by atoms with E-state index in [1.54, 1.807) is 12.4 Å². The summed E-state index contributed by atoms with van der Waals surface area (Å²) in [5.41, 5.74) is 5.97. The average molecular weight is 311 g/mol. The third-order valence-electron chi connectivity index (χ3n) is 6.06. The van der Waals surface area contributed by atoms with Crippen molar-refractivity contribution in [3.05, 3.63) is 18.5 Å². The fourth-order valence-corrected chi connectivity index (χ4v) is 5.45. The van der Waals surface area contributed by atoms with E-state index in [4.69, 9.17) is 5.73 Å². The largest absolute Gasteiger partial charge is 0.390 e. The van der Waals surface area contributed by atoms with Crippen LogP contribution < -0.4 is 11.1 Å². The highest BCUT2D eigenvalue weighted by Crippen LogP contribution is 2.56. The van der Waals surface area contributed by atoms with E-state index in [2.05, 4.69) is 20.3 Å². The number of hydrogen-bond donors (Lipinski definition) is 3. The Balaban J connectivity index is 1.49. The van der Waals surface area contributed by atoms with Crippen molar-refractivity contribution in [2.45, 2.75) is 43.7 Å². The van der Waals surface area contributed by atoms with Gasteiger partial charge in [-0.1, -0.05) is 0 Å². The van der Waals surface area contributed by atoms with Gasteiger partial charge in [-0.05, 0) is 62.0 Å². The topological polar surface area (TPSA) is 97.0 Å². The smallest absolute Gasteiger partial charge is 0.166 e. The highest BCUT2D eigenvalue weighted by Gasteiger charge is 2.54. The number of nitrogens with one attached hydrogen (secondary N) is 1. The van der Waals surface area contributed by atoms with E-state index >= 15 is 0 Å². The number of hydrogen-bond acceptors (Lipinski definition) is 6. The molecule has 4 saturated carbocycles.